The molecule has 2 unspecified atom stereocenters. The smallest absolute Gasteiger partial charge is 0.358 e. The number of β-lactam (4-membered cyclic amide) rings is 1. The Kier molecular flexibility index (Phi) is 12.5. The summed E-state index contributed by atoms with van der Waals surface area (Å²) in [6, 6.07) is -1.16. The molecule has 0 bridgehead atoms. The quantitative estimate of drug-likeness (QED) is 0.0463. The average molecular weight is 608 g/mol. The van der Waals surface area contributed by atoms with Crippen molar-refractivity contribution in [3.05, 3.63) is 11.3 Å². The van der Waals surface area contributed by atoms with Crippen molar-refractivity contribution < 1.29 is 55.6 Å². The summed E-state index contributed by atoms with van der Waals surface area (Å²) < 4.78 is 43.2. The van der Waals surface area contributed by atoms with Crippen molar-refractivity contribution in [3.63, 3.8) is 0 Å². The monoisotopic (exact) mass is 607 g/mol. The highest BCUT2D eigenvalue weighted by atomic mass is 32.2. The number of ether oxygens (including phenoxy) is 3. The summed E-state index contributed by atoms with van der Waals surface area (Å²) in [5.74, 6) is -4.48. The molecule has 2 aliphatic heterocycles. The molecule has 2 amide bonds. The first kappa shape index (κ1) is 33.2. The number of carbonyl (C=O) groups is 5. The van der Waals surface area contributed by atoms with Crippen LogP contribution in [0.1, 0.15) is 40.5 Å². The molecule has 15 nitrogen and oxygen atoms in total. The predicted molar refractivity (Wildman–Crippen MR) is 140 cm³/mol. The molecule has 17 heteroatoms. The molecule has 0 saturated carbocycles. The number of hydrogen-bond acceptors (Lipinski definition) is 14. The second-order valence-electron chi connectivity index (χ2n) is 8.35. The third kappa shape index (κ3) is 8.49. The number of methoxy groups -OCH3 is 1. The Hall–Kier alpha value is -3.02. The topological polar surface area (TPSA) is 193 Å². The number of nitrogens with zero attached hydrogens (tertiary/aromatic N) is 2. The van der Waals surface area contributed by atoms with Crippen molar-refractivity contribution in [2.45, 2.75) is 58.2 Å². The second-order valence-corrected chi connectivity index (χ2v) is 11.4. The van der Waals surface area contributed by atoms with E-state index in [9.17, 15) is 32.4 Å². The number of rotatable bonds is 16. The second kappa shape index (κ2) is 15.1. The molecule has 40 heavy (non-hydrogen) atoms. The number of amides is 2. The fourth-order valence-electron chi connectivity index (χ4n) is 3.49. The van der Waals surface area contributed by atoms with Gasteiger partial charge in [0.1, 0.15) is 30.3 Å². The van der Waals surface area contributed by atoms with Crippen LogP contribution in [0, 0.1) is 0 Å². The zero-order chi connectivity index (χ0) is 30.0. The highest BCUT2D eigenvalue weighted by Gasteiger charge is 2.55. The number of carbonyl (C=O) groups excluding carboxylic acids is 5. The number of fused-ring (bicyclic) bond motifs is 1. The fourth-order valence-corrected chi connectivity index (χ4v) is 5.27. The van der Waals surface area contributed by atoms with Gasteiger partial charge in [-0.15, -0.1) is 11.8 Å². The Morgan fingerprint density at radius 3 is 2.48 bits per heavy atom. The van der Waals surface area contributed by atoms with Crippen LogP contribution in [0.2, 0.25) is 0 Å². The van der Waals surface area contributed by atoms with E-state index < -0.39 is 69.7 Å². The van der Waals surface area contributed by atoms with Gasteiger partial charge in [0.2, 0.25) is 17.8 Å². The highest BCUT2D eigenvalue weighted by Crippen LogP contribution is 2.40. The van der Waals surface area contributed by atoms with Gasteiger partial charge in [-0.25, -0.2) is 4.79 Å². The normalized spacial score (nSPS) is 19.8. The molecule has 0 aromatic carbocycles. The Morgan fingerprint density at radius 2 is 1.88 bits per heavy atom. The van der Waals surface area contributed by atoms with Crippen LogP contribution in [-0.4, -0.2) is 105 Å². The molecule has 0 spiro atoms. The number of nitrogens with one attached hydrogen (secondary N) is 1. The Labute approximate surface area is 236 Å². The van der Waals surface area contributed by atoms with Crippen molar-refractivity contribution in [2.75, 3.05) is 38.4 Å². The standard InChI is InChI=1S/C23H33N3O12S2/c1-6-9-16(28)37-13(4)38-23(31)19-14(10-34-5)12-39-22-18(21(30)26(19)22)24-20(29)17(25-35-7-2)15(27)11-36-40(32,33)8-3/h13,18,22H,6-12H2,1-5H3,(H,24,29)/t13?,18?,22-/m0/s1. The molecule has 0 aliphatic carbocycles. The predicted octanol–water partition coefficient (Wildman–Crippen LogP) is -0.153. The summed E-state index contributed by atoms with van der Waals surface area (Å²) in [5.41, 5.74) is -0.447. The van der Waals surface area contributed by atoms with Crippen LogP contribution >= 0.6 is 11.8 Å². The Balaban J connectivity index is 2.18. The molecule has 3 atom stereocenters. The summed E-state index contributed by atoms with van der Waals surface area (Å²) in [4.78, 5) is 69.2. The van der Waals surface area contributed by atoms with Crippen LogP contribution in [0.25, 0.3) is 0 Å². The first-order valence-corrected chi connectivity index (χ1v) is 15.0. The van der Waals surface area contributed by atoms with Crippen molar-refractivity contribution in [2.24, 2.45) is 5.16 Å². The Bertz CT molecular complexity index is 1170. The van der Waals surface area contributed by atoms with Gasteiger partial charge in [0.25, 0.3) is 21.9 Å². The van der Waals surface area contributed by atoms with E-state index in [-0.39, 0.29) is 36.8 Å². The van der Waals surface area contributed by atoms with Gasteiger partial charge >= 0.3 is 11.9 Å². The maximum Gasteiger partial charge on any atom is 0.358 e. The molecule has 0 radical (unpaired) electrons. The summed E-state index contributed by atoms with van der Waals surface area (Å²) in [7, 11) is -2.57. The van der Waals surface area contributed by atoms with Crippen molar-refractivity contribution in [1.29, 1.82) is 0 Å². The highest BCUT2D eigenvalue weighted by molar-refractivity contribution is 8.00. The number of esters is 2. The maximum atomic E-state index is 13.1. The number of Topliss-reactive ketones (excluding diaryl/α,β-unsaturated/α-hetero) is 1. The average Bonchev–Trinajstić information content (AvgIpc) is 2.90. The van der Waals surface area contributed by atoms with Gasteiger partial charge < -0.3 is 24.4 Å². The lowest BCUT2D eigenvalue weighted by Gasteiger charge is -2.49. The van der Waals surface area contributed by atoms with Gasteiger partial charge in [0.15, 0.2) is 0 Å². The van der Waals surface area contributed by atoms with E-state index in [4.69, 9.17) is 19.0 Å². The summed E-state index contributed by atoms with van der Waals surface area (Å²) >= 11 is 1.23. The van der Waals surface area contributed by atoms with Gasteiger partial charge in [0, 0.05) is 26.2 Å². The van der Waals surface area contributed by atoms with E-state index in [2.05, 4.69) is 14.7 Å². The van der Waals surface area contributed by atoms with Crippen LogP contribution in [0.5, 0.6) is 0 Å². The number of hydrogen-bond donors (Lipinski definition) is 1. The van der Waals surface area contributed by atoms with Gasteiger partial charge in [-0.3, -0.25) is 28.3 Å². The van der Waals surface area contributed by atoms with E-state index in [1.165, 1.54) is 32.7 Å². The molecule has 2 rings (SSSR count). The minimum Gasteiger partial charge on any atom is -0.425 e. The molecular weight excluding hydrogens is 574 g/mol. The van der Waals surface area contributed by atoms with Crippen LogP contribution in [0.15, 0.2) is 16.4 Å². The van der Waals surface area contributed by atoms with Crippen molar-refractivity contribution >= 4 is 57.1 Å². The lowest BCUT2D eigenvalue weighted by molar-refractivity contribution is -0.184. The number of ketones is 1. The van der Waals surface area contributed by atoms with Gasteiger partial charge in [-0.2, -0.15) is 8.42 Å². The number of oxime groups is 1. The third-order valence-electron chi connectivity index (χ3n) is 5.36. The SMILES string of the molecule is CCCC(=O)OC(C)OC(=O)C1=C(COC)CS[C@H]2C(NC(=O)C(=NOCC)C(=O)COS(=O)(=O)CC)C(=O)N12. The Morgan fingerprint density at radius 1 is 1.18 bits per heavy atom. The van der Waals surface area contributed by atoms with Gasteiger partial charge in [0.05, 0.1) is 12.4 Å². The first-order chi connectivity index (χ1) is 18.9. The molecule has 1 N–H and O–H groups in total. The zero-order valence-corrected chi connectivity index (χ0v) is 24.4. The molecule has 224 valence electrons. The molecule has 0 aromatic heterocycles. The van der Waals surface area contributed by atoms with E-state index in [0.717, 1.165) is 4.90 Å². The van der Waals surface area contributed by atoms with Crippen molar-refractivity contribution in [3.8, 4) is 0 Å². The van der Waals surface area contributed by atoms with E-state index in [1.807, 2.05) is 0 Å². The van der Waals surface area contributed by atoms with Crippen LogP contribution in [0.3, 0.4) is 0 Å². The third-order valence-corrected chi connectivity index (χ3v) is 7.88. The lowest BCUT2D eigenvalue weighted by Crippen LogP contribution is -2.71. The molecule has 2 heterocycles. The molecular formula is C23H33N3O12S2. The van der Waals surface area contributed by atoms with Gasteiger partial charge in [-0.05, 0) is 25.8 Å². The van der Waals surface area contributed by atoms with Crippen molar-refractivity contribution in [1.82, 2.24) is 10.2 Å². The van der Waals surface area contributed by atoms with Gasteiger partial charge in [-0.1, -0.05) is 12.1 Å². The molecule has 2 aliphatic rings. The fraction of sp³-hybridized carbons (Fsp3) is 0.652. The van der Waals surface area contributed by atoms with E-state index in [1.54, 1.807) is 13.8 Å². The van der Waals surface area contributed by atoms with E-state index in [0.29, 0.717) is 12.0 Å². The summed E-state index contributed by atoms with van der Waals surface area (Å²) in [6.07, 6.45) is -0.531. The van der Waals surface area contributed by atoms with E-state index >= 15 is 0 Å². The zero-order valence-electron chi connectivity index (χ0n) is 22.8. The largest absolute Gasteiger partial charge is 0.425 e. The molecule has 1 saturated heterocycles. The molecule has 1 fully saturated rings. The maximum absolute atomic E-state index is 13.1. The van der Waals surface area contributed by atoms with Crippen LogP contribution in [-0.2, 0) is 57.3 Å². The minimum absolute atomic E-state index is 0.00247. The minimum atomic E-state index is -3.98. The van der Waals surface area contributed by atoms with Crippen LogP contribution < -0.4 is 5.32 Å². The lowest BCUT2D eigenvalue weighted by atomic mass is 10.0. The number of thioether (sulfide) groups is 1. The summed E-state index contributed by atoms with van der Waals surface area (Å²) in [6.45, 7) is 5.03. The molecule has 0 aromatic rings. The van der Waals surface area contributed by atoms with Crippen LogP contribution in [0.4, 0.5) is 0 Å². The summed E-state index contributed by atoms with van der Waals surface area (Å²) in [5, 5.41) is 5.10. The first-order valence-electron chi connectivity index (χ1n) is 12.4.